The second-order valence-electron chi connectivity index (χ2n) is 9.44. The lowest BCUT2D eigenvalue weighted by atomic mass is 10.1. The average Bonchev–Trinajstić information content (AvgIpc) is 2.66. The fraction of sp³-hybridized carbons (Fsp3) is 0.750. The monoisotopic (exact) mass is 418 g/mol. The van der Waals surface area contributed by atoms with Crippen LogP contribution in [0.1, 0.15) is 77.2 Å². The molecule has 4 heteroatoms. The van der Waals surface area contributed by atoms with E-state index in [4.69, 9.17) is 4.43 Å². The summed E-state index contributed by atoms with van der Waals surface area (Å²) in [7, 11) is -2.06. The van der Waals surface area contributed by atoms with E-state index in [9.17, 15) is 0 Å². The standard InChI is InChI=1S/C24H44NOSi2/c1-6-7-8-9-10-11-12-13-16-19-27(3)26-22(2)25-20-23-17-14-15-18-24(23)28(4,5)21-25/h14-15,17-18,22H,6-13,16,19-21H2,1-5H3. The molecule has 0 bridgehead atoms. The Labute approximate surface area is 177 Å². The molecule has 0 spiro atoms. The summed E-state index contributed by atoms with van der Waals surface area (Å²) in [5.74, 6) is 0. The smallest absolute Gasteiger partial charge is 0.210 e. The molecule has 1 aromatic rings. The summed E-state index contributed by atoms with van der Waals surface area (Å²) in [6, 6.07) is 10.4. The van der Waals surface area contributed by atoms with Crippen molar-refractivity contribution in [2.75, 3.05) is 6.17 Å². The first kappa shape index (κ1) is 23.8. The van der Waals surface area contributed by atoms with Gasteiger partial charge in [0, 0.05) is 12.7 Å². The fourth-order valence-corrected chi connectivity index (χ4v) is 9.28. The molecule has 0 N–H and O–H groups in total. The average molecular weight is 419 g/mol. The summed E-state index contributed by atoms with van der Waals surface area (Å²) in [4.78, 5) is 2.60. The first-order valence-electron chi connectivity index (χ1n) is 11.8. The molecule has 1 atom stereocenters. The molecule has 0 fully saturated rings. The molecular formula is C24H44NOSi2. The Balaban J connectivity index is 1.64. The predicted octanol–water partition coefficient (Wildman–Crippen LogP) is 6.47. The molecule has 0 amide bonds. The zero-order chi connectivity index (χ0) is 20.4. The van der Waals surface area contributed by atoms with Crippen LogP contribution >= 0.6 is 0 Å². The minimum atomic E-state index is -1.38. The van der Waals surface area contributed by atoms with Crippen LogP contribution in [-0.2, 0) is 11.0 Å². The molecule has 0 aromatic heterocycles. The van der Waals surface area contributed by atoms with Gasteiger partial charge in [0.2, 0.25) is 9.04 Å². The van der Waals surface area contributed by atoms with Gasteiger partial charge in [0.1, 0.15) is 0 Å². The quantitative estimate of drug-likeness (QED) is 0.269. The summed E-state index contributed by atoms with van der Waals surface area (Å²) in [5, 5.41) is 1.65. The predicted molar refractivity (Wildman–Crippen MR) is 128 cm³/mol. The van der Waals surface area contributed by atoms with Gasteiger partial charge in [-0.1, -0.05) is 107 Å². The second kappa shape index (κ2) is 12.3. The highest BCUT2D eigenvalue weighted by atomic mass is 28.3. The zero-order valence-electron chi connectivity index (χ0n) is 19.2. The third-order valence-electron chi connectivity index (χ3n) is 6.24. The van der Waals surface area contributed by atoms with Gasteiger partial charge in [-0.2, -0.15) is 0 Å². The van der Waals surface area contributed by atoms with Crippen molar-refractivity contribution in [2.24, 2.45) is 0 Å². The first-order valence-corrected chi connectivity index (χ1v) is 17.1. The van der Waals surface area contributed by atoms with Crippen molar-refractivity contribution < 1.29 is 4.43 Å². The van der Waals surface area contributed by atoms with Gasteiger partial charge in [0.25, 0.3) is 0 Å². The van der Waals surface area contributed by atoms with Crippen LogP contribution in [0.15, 0.2) is 24.3 Å². The van der Waals surface area contributed by atoms with E-state index in [-0.39, 0.29) is 6.23 Å². The van der Waals surface area contributed by atoms with Crippen LogP contribution in [-0.4, -0.2) is 34.4 Å². The topological polar surface area (TPSA) is 12.5 Å². The number of rotatable bonds is 13. The Bertz CT molecular complexity index is 563. The van der Waals surface area contributed by atoms with E-state index in [1.54, 1.807) is 5.19 Å². The first-order chi connectivity index (χ1) is 13.4. The molecular weight excluding hydrogens is 374 g/mol. The van der Waals surface area contributed by atoms with E-state index >= 15 is 0 Å². The Morgan fingerprint density at radius 2 is 1.61 bits per heavy atom. The molecule has 0 aliphatic carbocycles. The summed E-state index contributed by atoms with van der Waals surface area (Å²) < 4.78 is 6.52. The lowest BCUT2D eigenvalue weighted by Gasteiger charge is -2.42. The van der Waals surface area contributed by atoms with Crippen molar-refractivity contribution in [3.8, 4) is 0 Å². The van der Waals surface area contributed by atoms with Crippen LogP contribution in [0.3, 0.4) is 0 Å². The molecule has 1 aromatic carbocycles. The van der Waals surface area contributed by atoms with E-state index in [2.05, 4.69) is 62.7 Å². The number of hydrogen-bond acceptors (Lipinski definition) is 2. The maximum absolute atomic E-state index is 6.52. The molecule has 0 saturated carbocycles. The molecule has 1 unspecified atom stereocenters. The number of unbranched alkanes of at least 4 members (excludes halogenated alkanes) is 8. The largest absolute Gasteiger partial charge is 0.402 e. The summed E-state index contributed by atoms with van der Waals surface area (Å²) >= 11 is 0. The van der Waals surface area contributed by atoms with Crippen molar-refractivity contribution in [1.29, 1.82) is 0 Å². The Morgan fingerprint density at radius 3 is 2.29 bits per heavy atom. The SMILES string of the molecule is CCCCCCCCCCC[Si](C)OC(C)N1Cc2ccccc2[Si](C)(C)C1. The van der Waals surface area contributed by atoms with Crippen LogP contribution < -0.4 is 5.19 Å². The molecule has 1 aliphatic rings. The third-order valence-corrected chi connectivity index (χ3v) is 11.2. The van der Waals surface area contributed by atoms with Crippen LogP contribution in [0, 0.1) is 0 Å². The van der Waals surface area contributed by atoms with Gasteiger partial charge in [-0.15, -0.1) is 0 Å². The second-order valence-corrected chi connectivity index (χ2v) is 16.2. The molecule has 0 saturated heterocycles. The van der Waals surface area contributed by atoms with Gasteiger partial charge < -0.3 is 4.43 Å². The van der Waals surface area contributed by atoms with Crippen LogP contribution in [0.2, 0.25) is 25.7 Å². The van der Waals surface area contributed by atoms with Gasteiger partial charge in [0.15, 0.2) is 0 Å². The van der Waals surface area contributed by atoms with Crippen molar-refractivity contribution >= 4 is 22.3 Å². The van der Waals surface area contributed by atoms with Gasteiger partial charge in [-0.25, -0.2) is 0 Å². The zero-order valence-corrected chi connectivity index (χ0v) is 21.2. The van der Waals surface area contributed by atoms with Crippen molar-refractivity contribution in [1.82, 2.24) is 4.90 Å². The Hall–Kier alpha value is -0.426. The number of benzene rings is 1. The number of nitrogens with zero attached hydrogens (tertiary/aromatic N) is 1. The Kier molecular flexibility index (Phi) is 10.5. The molecule has 1 radical (unpaired) electrons. The van der Waals surface area contributed by atoms with E-state index in [0.29, 0.717) is 0 Å². The Morgan fingerprint density at radius 1 is 1.00 bits per heavy atom. The van der Waals surface area contributed by atoms with Gasteiger partial charge in [-0.3, -0.25) is 4.90 Å². The maximum atomic E-state index is 6.52. The minimum Gasteiger partial charge on any atom is -0.402 e. The van der Waals surface area contributed by atoms with E-state index in [1.807, 2.05) is 0 Å². The van der Waals surface area contributed by atoms with Crippen molar-refractivity contribution in [2.45, 2.75) is 110 Å². The van der Waals surface area contributed by atoms with Gasteiger partial charge in [0.05, 0.1) is 14.3 Å². The molecule has 1 aliphatic heterocycles. The van der Waals surface area contributed by atoms with Crippen LogP contribution in [0.25, 0.3) is 0 Å². The lowest BCUT2D eigenvalue weighted by Crippen LogP contribution is -2.59. The molecule has 159 valence electrons. The maximum Gasteiger partial charge on any atom is 0.210 e. The van der Waals surface area contributed by atoms with Crippen LogP contribution in [0.4, 0.5) is 0 Å². The van der Waals surface area contributed by atoms with Gasteiger partial charge in [-0.05, 0) is 25.1 Å². The highest BCUT2D eigenvalue weighted by Crippen LogP contribution is 2.21. The van der Waals surface area contributed by atoms with Crippen LogP contribution in [0.5, 0.6) is 0 Å². The minimum absolute atomic E-state index is 0.262. The highest BCUT2D eigenvalue weighted by molar-refractivity contribution is 6.90. The normalized spacial score (nSPS) is 17.6. The summed E-state index contributed by atoms with van der Waals surface area (Å²) in [6.45, 7) is 13.0. The van der Waals surface area contributed by atoms with Crippen molar-refractivity contribution in [3.63, 3.8) is 0 Å². The van der Waals surface area contributed by atoms with Gasteiger partial charge >= 0.3 is 0 Å². The van der Waals surface area contributed by atoms with E-state index < -0.39 is 17.1 Å². The highest BCUT2D eigenvalue weighted by Gasteiger charge is 2.35. The molecule has 2 rings (SSSR count). The summed E-state index contributed by atoms with van der Waals surface area (Å²) in [6.07, 6.45) is 14.2. The number of hydrogen-bond donors (Lipinski definition) is 0. The number of fused-ring (bicyclic) bond motifs is 1. The van der Waals surface area contributed by atoms with E-state index in [0.717, 1.165) is 6.54 Å². The molecule has 28 heavy (non-hydrogen) atoms. The lowest BCUT2D eigenvalue weighted by molar-refractivity contribution is 0.0432. The van der Waals surface area contributed by atoms with E-state index in [1.165, 1.54) is 75.6 Å². The third kappa shape index (κ3) is 7.77. The molecule has 2 nitrogen and oxygen atoms in total. The summed E-state index contributed by atoms with van der Waals surface area (Å²) in [5.41, 5.74) is 1.53. The molecule has 1 heterocycles. The fourth-order valence-electron chi connectivity index (χ4n) is 4.55. The van der Waals surface area contributed by atoms with Crippen molar-refractivity contribution in [3.05, 3.63) is 29.8 Å².